The average Bonchev–Trinajstić information content (AvgIpc) is 2.42. The van der Waals surface area contributed by atoms with Crippen LogP contribution < -0.4 is 11.1 Å². The second kappa shape index (κ2) is 7.55. The molecule has 4 nitrogen and oxygen atoms in total. The molecule has 0 aliphatic heterocycles. The van der Waals surface area contributed by atoms with E-state index < -0.39 is 0 Å². The minimum absolute atomic E-state index is 0.140. The number of aromatic nitrogens is 1. The van der Waals surface area contributed by atoms with Crippen LogP contribution in [0.1, 0.15) is 43.2 Å². The molecule has 1 amide bonds. The van der Waals surface area contributed by atoms with E-state index in [0.717, 1.165) is 12.0 Å². The first kappa shape index (κ1) is 15.2. The Morgan fingerprint density at radius 1 is 1.47 bits per heavy atom. The number of carbonyl (C=O) groups excluding carboxylic acids is 1. The van der Waals surface area contributed by atoms with Crippen molar-refractivity contribution in [1.29, 1.82) is 0 Å². The largest absolute Gasteiger partial charge is 0.348 e. The number of hydrogen-bond acceptors (Lipinski definition) is 3. The lowest BCUT2D eigenvalue weighted by molar-refractivity contribution is 0.0919. The molecule has 0 aliphatic carbocycles. The van der Waals surface area contributed by atoms with Crippen LogP contribution in [-0.2, 0) is 0 Å². The summed E-state index contributed by atoms with van der Waals surface area (Å²) in [6.45, 7) is 6.56. The summed E-state index contributed by atoms with van der Waals surface area (Å²) >= 11 is 0. The number of pyridine rings is 1. The van der Waals surface area contributed by atoms with Crippen molar-refractivity contribution in [3.8, 4) is 11.8 Å². The third kappa shape index (κ3) is 4.72. The summed E-state index contributed by atoms with van der Waals surface area (Å²) in [5, 5.41) is 2.99. The fraction of sp³-hybridized carbons (Fsp3) is 0.467. The van der Waals surface area contributed by atoms with E-state index in [-0.39, 0.29) is 11.9 Å². The molecular weight excluding hydrogens is 238 g/mol. The second-order valence-electron chi connectivity index (χ2n) is 4.67. The molecule has 1 rings (SSSR count). The molecule has 0 aliphatic rings. The van der Waals surface area contributed by atoms with Gasteiger partial charge in [-0.1, -0.05) is 32.6 Å². The van der Waals surface area contributed by atoms with Gasteiger partial charge < -0.3 is 11.1 Å². The van der Waals surface area contributed by atoms with Crippen molar-refractivity contribution in [2.24, 2.45) is 11.7 Å². The van der Waals surface area contributed by atoms with E-state index >= 15 is 0 Å². The Morgan fingerprint density at radius 2 is 2.21 bits per heavy atom. The van der Waals surface area contributed by atoms with Crippen molar-refractivity contribution < 1.29 is 4.79 Å². The molecule has 4 heteroatoms. The summed E-state index contributed by atoms with van der Waals surface area (Å²) in [6, 6.07) is 3.63. The number of hydrogen-bond donors (Lipinski definition) is 2. The predicted molar refractivity (Wildman–Crippen MR) is 76.6 cm³/mol. The summed E-state index contributed by atoms with van der Waals surface area (Å²) in [5.74, 6) is 5.88. The van der Waals surface area contributed by atoms with E-state index in [4.69, 9.17) is 5.73 Å². The standard InChI is InChI=1S/C15H21N3O/c1-4-13(11(2)3)18-15(19)14-8-7-12(10-17-14)6-5-9-16/h7-8,10-11,13H,4,9,16H2,1-3H3,(H,18,19). The summed E-state index contributed by atoms with van der Waals surface area (Å²) in [4.78, 5) is 16.1. The normalized spacial score (nSPS) is 11.6. The van der Waals surface area contributed by atoms with Crippen LogP contribution in [0, 0.1) is 17.8 Å². The number of nitrogens with one attached hydrogen (secondary N) is 1. The van der Waals surface area contributed by atoms with Gasteiger partial charge in [-0.25, -0.2) is 4.98 Å². The minimum atomic E-state index is -0.140. The van der Waals surface area contributed by atoms with Crippen LogP contribution in [-0.4, -0.2) is 23.5 Å². The highest BCUT2D eigenvalue weighted by Crippen LogP contribution is 2.07. The van der Waals surface area contributed by atoms with Gasteiger partial charge in [0.05, 0.1) is 6.54 Å². The molecule has 0 bridgehead atoms. The highest BCUT2D eigenvalue weighted by atomic mass is 16.1. The van der Waals surface area contributed by atoms with Crippen LogP contribution in [0.5, 0.6) is 0 Å². The zero-order valence-corrected chi connectivity index (χ0v) is 11.7. The zero-order valence-electron chi connectivity index (χ0n) is 11.7. The monoisotopic (exact) mass is 259 g/mol. The van der Waals surface area contributed by atoms with Crippen LogP contribution in [0.2, 0.25) is 0 Å². The van der Waals surface area contributed by atoms with E-state index in [1.165, 1.54) is 0 Å². The average molecular weight is 259 g/mol. The molecule has 1 aromatic rings. The van der Waals surface area contributed by atoms with Gasteiger partial charge in [0.25, 0.3) is 5.91 Å². The highest BCUT2D eigenvalue weighted by Gasteiger charge is 2.15. The number of rotatable bonds is 4. The maximum Gasteiger partial charge on any atom is 0.270 e. The summed E-state index contributed by atoms with van der Waals surface area (Å²) in [7, 11) is 0. The molecule has 3 N–H and O–H groups in total. The predicted octanol–water partition coefficient (Wildman–Crippen LogP) is 1.56. The number of amides is 1. The van der Waals surface area contributed by atoms with Gasteiger partial charge in [0.2, 0.25) is 0 Å². The van der Waals surface area contributed by atoms with E-state index in [1.54, 1.807) is 18.3 Å². The number of carbonyl (C=O) groups is 1. The van der Waals surface area contributed by atoms with Gasteiger partial charge in [0.1, 0.15) is 5.69 Å². The van der Waals surface area contributed by atoms with Crippen LogP contribution in [0.15, 0.2) is 18.3 Å². The molecule has 19 heavy (non-hydrogen) atoms. The smallest absolute Gasteiger partial charge is 0.270 e. The summed E-state index contributed by atoms with van der Waals surface area (Å²) in [6.07, 6.45) is 2.50. The highest BCUT2D eigenvalue weighted by molar-refractivity contribution is 5.92. The Balaban J connectivity index is 2.72. The van der Waals surface area contributed by atoms with Crippen molar-refractivity contribution in [3.05, 3.63) is 29.6 Å². The lowest BCUT2D eigenvalue weighted by Gasteiger charge is -2.20. The fourth-order valence-corrected chi connectivity index (χ4v) is 1.74. The van der Waals surface area contributed by atoms with Crippen LogP contribution in [0.25, 0.3) is 0 Å². The first-order valence-electron chi connectivity index (χ1n) is 6.54. The second-order valence-corrected chi connectivity index (χ2v) is 4.67. The SMILES string of the molecule is CCC(NC(=O)c1ccc(C#CCN)cn1)C(C)C. The van der Waals surface area contributed by atoms with Crippen molar-refractivity contribution >= 4 is 5.91 Å². The molecule has 1 heterocycles. The van der Waals surface area contributed by atoms with E-state index in [1.807, 2.05) is 0 Å². The van der Waals surface area contributed by atoms with Crippen molar-refractivity contribution in [1.82, 2.24) is 10.3 Å². The third-order valence-corrected chi connectivity index (χ3v) is 2.89. The molecule has 0 spiro atoms. The van der Waals surface area contributed by atoms with Gasteiger partial charge >= 0.3 is 0 Å². The Hall–Kier alpha value is -1.86. The fourth-order valence-electron chi connectivity index (χ4n) is 1.74. The Labute approximate surface area is 114 Å². The van der Waals surface area contributed by atoms with Gasteiger partial charge in [-0.05, 0) is 24.5 Å². The number of nitrogens with zero attached hydrogens (tertiary/aromatic N) is 1. The van der Waals surface area contributed by atoms with E-state index in [0.29, 0.717) is 18.2 Å². The molecule has 1 unspecified atom stereocenters. The summed E-state index contributed by atoms with van der Waals surface area (Å²) in [5.41, 5.74) is 6.47. The van der Waals surface area contributed by atoms with Gasteiger partial charge in [-0.15, -0.1) is 0 Å². The molecular formula is C15H21N3O. The van der Waals surface area contributed by atoms with Gasteiger partial charge in [-0.3, -0.25) is 4.79 Å². The van der Waals surface area contributed by atoms with Crippen molar-refractivity contribution in [3.63, 3.8) is 0 Å². The molecule has 1 aromatic heterocycles. The van der Waals surface area contributed by atoms with Gasteiger partial charge in [-0.2, -0.15) is 0 Å². The van der Waals surface area contributed by atoms with Gasteiger partial charge in [0, 0.05) is 17.8 Å². The zero-order chi connectivity index (χ0) is 14.3. The quantitative estimate of drug-likeness (QED) is 0.806. The molecule has 0 fully saturated rings. The third-order valence-electron chi connectivity index (χ3n) is 2.89. The lowest BCUT2D eigenvalue weighted by atomic mass is 10.0. The van der Waals surface area contributed by atoms with E-state index in [9.17, 15) is 4.79 Å². The van der Waals surface area contributed by atoms with E-state index in [2.05, 4.69) is 42.9 Å². The number of nitrogens with two attached hydrogens (primary N) is 1. The molecule has 0 aromatic carbocycles. The molecule has 0 saturated heterocycles. The molecule has 102 valence electrons. The lowest BCUT2D eigenvalue weighted by Crippen LogP contribution is -2.38. The maximum absolute atomic E-state index is 12.0. The Bertz CT molecular complexity index is 468. The van der Waals surface area contributed by atoms with Crippen LogP contribution in [0.4, 0.5) is 0 Å². The first-order chi connectivity index (χ1) is 9.08. The van der Waals surface area contributed by atoms with Crippen molar-refractivity contribution in [2.45, 2.75) is 33.2 Å². The first-order valence-corrected chi connectivity index (χ1v) is 6.54. The summed E-state index contributed by atoms with van der Waals surface area (Å²) < 4.78 is 0. The Kier molecular flexibility index (Phi) is 6.04. The molecule has 0 saturated carbocycles. The van der Waals surface area contributed by atoms with Crippen LogP contribution in [0.3, 0.4) is 0 Å². The molecule has 1 atom stereocenters. The maximum atomic E-state index is 12.0. The Morgan fingerprint density at radius 3 is 2.68 bits per heavy atom. The van der Waals surface area contributed by atoms with Crippen molar-refractivity contribution in [2.75, 3.05) is 6.54 Å². The minimum Gasteiger partial charge on any atom is -0.348 e. The topological polar surface area (TPSA) is 68.0 Å². The van der Waals surface area contributed by atoms with Crippen LogP contribution >= 0.6 is 0 Å². The van der Waals surface area contributed by atoms with Gasteiger partial charge in [0.15, 0.2) is 0 Å². The molecule has 0 radical (unpaired) electrons.